The number of aliphatic carboxylic acids is 1. The minimum atomic E-state index is -4.36. The first-order valence-electron chi connectivity index (χ1n) is 7.64. The van der Waals surface area contributed by atoms with Crippen LogP contribution in [-0.2, 0) is 19.1 Å². The third-order valence-electron chi connectivity index (χ3n) is 3.50. The van der Waals surface area contributed by atoms with Gasteiger partial charge in [0.1, 0.15) is 0 Å². The van der Waals surface area contributed by atoms with Crippen LogP contribution in [0.2, 0.25) is 0 Å². The second-order valence-electron chi connectivity index (χ2n) is 6.21. The number of carboxylic acids is 1. The van der Waals surface area contributed by atoms with Gasteiger partial charge in [-0.1, -0.05) is 0 Å². The van der Waals surface area contributed by atoms with Gasteiger partial charge >= 0.3 is 17.9 Å². The SMILES string of the molecule is CC(=O)Nc1c(I)c(NC(C)=O)c(I)c(C(=O)OC(C)(C)C(F)(F)C(=O)O)c1I. The lowest BCUT2D eigenvalue weighted by atomic mass is 10.00. The van der Waals surface area contributed by atoms with E-state index in [1.807, 2.05) is 22.6 Å². The molecular formula is C16H15F2I3N2O6. The number of hydrogen-bond acceptors (Lipinski definition) is 5. The molecule has 0 aliphatic carbocycles. The predicted octanol–water partition coefficient (Wildman–Crippen LogP) is 4.07. The molecule has 1 aromatic rings. The summed E-state index contributed by atoms with van der Waals surface area (Å²) < 4.78 is 33.6. The van der Waals surface area contributed by atoms with Crippen molar-refractivity contribution in [3.63, 3.8) is 0 Å². The van der Waals surface area contributed by atoms with Gasteiger partial charge in [0.2, 0.25) is 11.8 Å². The smallest absolute Gasteiger partial charge is 0.380 e. The molecule has 0 aromatic heterocycles. The van der Waals surface area contributed by atoms with E-state index in [2.05, 4.69) is 10.6 Å². The van der Waals surface area contributed by atoms with Crippen molar-refractivity contribution in [3.8, 4) is 0 Å². The average Bonchev–Trinajstić information content (AvgIpc) is 2.54. The van der Waals surface area contributed by atoms with Crippen LogP contribution in [0.25, 0.3) is 0 Å². The summed E-state index contributed by atoms with van der Waals surface area (Å²) in [6.45, 7) is 4.01. The van der Waals surface area contributed by atoms with E-state index >= 15 is 0 Å². The van der Waals surface area contributed by atoms with Crippen molar-refractivity contribution in [2.24, 2.45) is 0 Å². The molecule has 2 amide bonds. The fourth-order valence-electron chi connectivity index (χ4n) is 2.02. The Kier molecular flexibility index (Phi) is 8.60. The summed E-state index contributed by atoms with van der Waals surface area (Å²) in [5.41, 5.74) is -2.52. The Hall–Kier alpha value is -0.850. The van der Waals surface area contributed by atoms with E-state index in [1.165, 1.54) is 13.8 Å². The highest BCUT2D eigenvalue weighted by atomic mass is 127. The van der Waals surface area contributed by atoms with Crippen molar-refractivity contribution in [1.29, 1.82) is 0 Å². The third kappa shape index (κ3) is 5.65. The first kappa shape index (κ1) is 26.2. The van der Waals surface area contributed by atoms with Crippen LogP contribution in [0.15, 0.2) is 0 Å². The average molecular weight is 750 g/mol. The molecule has 0 bridgehead atoms. The second kappa shape index (κ2) is 9.52. The molecule has 0 unspecified atom stereocenters. The van der Waals surface area contributed by atoms with E-state index in [9.17, 15) is 28.0 Å². The molecule has 0 radical (unpaired) electrons. The van der Waals surface area contributed by atoms with Crippen molar-refractivity contribution in [2.75, 3.05) is 10.6 Å². The summed E-state index contributed by atoms with van der Waals surface area (Å²) in [4.78, 5) is 46.8. The third-order valence-corrected chi connectivity index (χ3v) is 6.73. The van der Waals surface area contributed by atoms with Gasteiger partial charge in [-0.05, 0) is 81.6 Å². The summed E-state index contributed by atoms with van der Waals surface area (Å²) in [5, 5.41) is 13.8. The van der Waals surface area contributed by atoms with Crippen molar-refractivity contribution < 1.29 is 37.8 Å². The summed E-state index contributed by atoms with van der Waals surface area (Å²) in [6, 6.07) is 0. The monoisotopic (exact) mass is 750 g/mol. The summed E-state index contributed by atoms with van der Waals surface area (Å²) in [5.74, 6) is -8.97. The largest absolute Gasteiger partial charge is 0.477 e. The number of ether oxygens (including phenoxy) is 1. The molecule has 8 nitrogen and oxygen atoms in total. The number of amides is 2. The van der Waals surface area contributed by atoms with Gasteiger partial charge in [-0.25, -0.2) is 9.59 Å². The Morgan fingerprint density at radius 1 is 0.897 bits per heavy atom. The number of carbonyl (C=O) groups is 4. The standard InChI is InChI=1S/C16H15F2I3N2O6/c1-5(24)22-11-8(19)7(9(20)12(10(11)21)23-6(2)25)13(26)29-15(3,4)16(17,18)14(27)28/h1-4H3,(H,22,24)(H,23,25)(H,27,28). The van der Waals surface area contributed by atoms with Gasteiger partial charge in [0.15, 0.2) is 5.60 Å². The van der Waals surface area contributed by atoms with Crippen LogP contribution in [0.3, 0.4) is 0 Å². The summed E-state index contributed by atoms with van der Waals surface area (Å²) in [6.07, 6.45) is 0. The van der Waals surface area contributed by atoms with Gasteiger partial charge in [-0.3, -0.25) is 9.59 Å². The molecule has 1 rings (SSSR count). The fraction of sp³-hybridized carbons (Fsp3) is 0.375. The number of nitrogens with one attached hydrogen (secondary N) is 2. The van der Waals surface area contributed by atoms with E-state index in [-0.39, 0.29) is 24.1 Å². The predicted molar refractivity (Wildman–Crippen MR) is 125 cm³/mol. The van der Waals surface area contributed by atoms with Crippen LogP contribution < -0.4 is 10.6 Å². The Bertz CT molecular complexity index is 862. The number of carboxylic acid groups (broad SMARTS) is 1. The topological polar surface area (TPSA) is 122 Å². The van der Waals surface area contributed by atoms with Gasteiger partial charge in [0.05, 0.1) is 27.6 Å². The quantitative estimate of drug-likeness (QED) is 0.298. The minimum absolute atomic E-state index is 0.178. The minimum Gasteiger partial charge on any atom is -0.477 e. The molecule has 0 saturated carbocycles. The molecule has 13 heteroatoms. The van der Waals surface area contributed by atoms with E-state index in [0.29, 0.717) is 3.57 Å². The maximum absolute atomic E-state index is 14.0. The molecule has 1 aromatic carbocycles. The van der Waals surface area contributed by atoms with Crippen molar-refractivity contribution in [1.82, 2.24) is 0 Å². The zero-order valence-corrected chi connectivity index (χ0v) is 21.9. The maximum atomic E-state index is 14.0. The zero-order valence-electron chi connectivity index (χ0n) is 15.4. The van der Waals surface area contributed by atoms with Crippen LogP contribution in [0.1, 0.15) is 38.1 Å². The number of halogens is 5. The van der Waals surface area contributed by atoms with Crippen LogP contribution in [0.4, 0.5) is 20.2 Å². The maximum Gasteiger partial charge on any atom is 0.380 e. The molecule has 0 spiro atoms. The van der Waals surface area contributed by atoms with Gasteiger partial charge in [0.25, 0.3) is 0 Å². The van der Waals surface area contributed by atoms with E-state index in [0.717, 1.165) is 13.8 Å². The zero-order chi connectivity index (χ0) is 22.9. The van der Waals surface area contributed by atoms with Crippen molar-refractivity contribution in [3.05, 3.63) is 16.3 Å². The van der Waals surface area contributed by atoms with Crippen molar-refractivity contribution >= 4 is 103 Å². The molecule has 160 valence electrons. The van der Waals surface area contributed by atoms with E-state index in [4.69, 9.17) is 9.84 Å². The number of hydrogen-bond donors (Lipinski definition) is 3. The van der Waals surface area contributed by atoms with E-state index < -0.39 is 35.3 Å². The number of alkyl halides is 2. The highest BCUT2D eigenvalue weighted by Crippen LogP contribution is 2.40. The second-order valence-corrected chi connectivity index (χ2v) is 9.44. The Labute approximate surface area is 205 Å². The lowest BCUT2D eigenvalue weighted by Crippen LogP contribution is -2.52. The number of rotatable bonds is 6. The molecule has 29 heavy (non-hydrogen) atoms. The molecule has 0 aliphatic rings. The number of benzene rings is 1. The first-order chi connectivity index (χ1) is 13.0. The number of carbonyl (C=O) groups excluding carboxylic acids is 3. The van der Waals surface area contributed by atoms with Gasteiger partial charge < -0.3 is 20.5 Å². The Morgan fingerprint density at radius 3 is 1.59 bits per heavy atom. The lowest BCUT2D eigenvalue weighted by molar-refractivity contribution is -0.200. The van der Waals surface area contributed by atoms with Gasteiger partial charge in [-0.15, -0.1) is 0 Å². The fourth-order valence-corrected chi connectivity index (χ4v) is 6.17. The molecule has 3 N–H and O–H groups in total. The Balaban J connectivity index is 3.65. The molecule has 0 atom stereocenters. The summed E-state index contributed by atoms with van der Waals surface area (Å²) >= 11 is 5.33. The van der Waals surface area contributed by atoms with Crippen LogP contribution in [0, 0.1) is 10.7 Å². The number of esters is 1. The molecule has 0 heterocycles. The highest BCUT2D eigenvalue weighted by molar-refractivity contribution is 14.1. The Morgan fingerprint density at radius 2 is 1.28 bits per heavy atom. The normalized spacial score (nSPS) is 11.6. The lowest BCUT2D eigenvalue weighted by Gasteiger charge is -2.31. The highest BCUT2D eigenvalue weighted by Gasteiger charge is 2.57. The molecule has 0 saturated heterocycles. The van der Waals surface area contributed by atoms with Crippen molar-refractivity contribution in [2.45, 2.75) is 39.2 Å². The number of anilines is 2. The molecular weight excluding hydrogens is 735 g/mol. The molecule has 0 fully saturated rings. The van der Waals surface area contributed by atoms with Crippen LogP contribution >= 0.6 is 67.8 Å². The molecule has 0 aliphatic heterocycles. The summed E-state index contributed by atoms with van der Waals surface area (Å²) in [7, 11) is 0. The van der Waals surface area contributed by atoms with E-state index in [1.54, 1.807) is 45.2 Å². The van der Waals surface area contributed by atoms with Crippen LogP contribution in [-0.4, -0.2) is 40.4 Å². The van der Waals surface area contributed by atoms with Crippen LogP contribution in [0.5, 0.6) is 0 Å². The van der Waals surface area contributed by atoms with Gasteiger partial charge in [0, 0.05) is 13.8 Å². The van der Waals surface area contributed by atoms with Gasteiger partial charge in [-0.2, -0.15) is 8.78 Å². The first-order valence-corrected chi connectivity index (χ1v) is 10.9.